The number of carbonyl (C=O) groups excluding carboxylic acids is 1. The summed E-state index contributed by atoms with van der Waals surface area (Å²) in [6.07, 6.45) is 0. The minimum absolute atomic E-state index is 0.0440. The summed E-state index contributed by atoms with van der Waals surface area (Å²) in [4.78, 5) is 15.2. The zero-order chi connectivity index (χ0) is 12.1. The molecule has 0 spiro atoms. The van der Waals surface area contributed by atoms with Gasteiger partial charge in [0.05, 0.1) is 0 Å². The molecular formula is C12H17BrN2O. The van der Waals surface area contributed by atoms with Gasteiger partial charge in [-0.15, -0.1) is 0 Å². The lowest BCUT2D eigenvalue weighted by Gasteiger charge is -2.23. The van der Waals surface area contributed by atoms with Crippen LogP contribution < -0.4 is 0 Å². The third-order valence-electron chi connectivity index (χ3n) is 2.44. The maximum absolute atomic E-state index is 11.8. The molecule has 1 aromatic rings. The van der Waals surface area contributed by atoms with Gasteiger partial charge in [-0.2, -0.15) is 0 Å². The minimum atomic E-state index is 0.0440. The SMILES string of the molecule is CCN(C)C(=O)N(C)Cc1cccc(Br)c1. The molecule has 0 atom stereocenters. The molecule has 0 radical (unpaired) electrons. The summed E-state index contributed by atoms with van der Waals surface area (Å²) in [7, 11) is 3.62. The fourth-order valence-electron chi connectivity index (χ4n) is 1.40. The summed E-state index contributed by atoms with van der Waals surface area (Å²) in [5, 5.41) is 0. The molecule has 0 bridgehead atoms. The average molecular weight is 285 g/mol. The molecule has 0 N–H and O–H groups in total. The normalized spacial score (nSPS) is 10.0. The third-order valence-corrected chi connectivity index (χ3v) is 2.93. The van der Waals surface area contributed by atoms with Gasteiger partial charge in [0.1, 0.15) is 0 Å². The van der Waals surface area contributed by atoms with E-state index in [0.29, 0.717) is 6.54 Å². The van der Waals surface area contributed by atoms with Crippen molar-refractivity contribution in [3.63, 3.8) is 0 Å². The molecule has 0 aromatic heterocycles. The van der Waals surface area contributed by atoms with E-state index in [1.807, 2.05) is 38.2 Å². The van der Waals surface area contributed by atoms with E-state index in [9.17, 15) is 4.79 Å². The molecule has 0 aliphatic rings. The standard InChI is InChI=1S/C12H17BrN2O/c1-4-14(2)12(16)15(3)9-10-6-5-7-11(13)8-10/h5-8H,4,9H2,1-3H3. The first-order chi connectivity index (χ1) is 7.54. The molecule has 16 heavy (non-hydrogen) atoms. The number of carbonyl (C=O) groups is 1. The van der Waals surface area contributed by atoms with E-state index in [1.165, 1.54) is 0 Å². The zero-order valence-electron chi connectivity index (χ0n) is 9.90. The Balaban J connectivity index is 2.64. The van der Waals surface area contributed by atoms with Crippen LogP contribution in [-0.4, -0.2) is 36.5 Å². The van der Waals surface area contributed by atoms with Gasteiger partial charge < -0.3 is 9.80 Å². The number of amides is 2. The third kappa shape index (κ3) is 3.52. The van der Waals surface area contributed by atoms with Crippen molar-refractivity contribution < 1.29 is 4.79 Å². The number of nitrogens with zero attached hydrogens (tertiary/aromatic N) is 2. The summed E-state index contributed by atoms with van der Waals surface area (Å²) < 4.78 is 1.04. The molecule has 0 saturated carbocycles. The highest BCUT2D eigenvalue weighted by molar-refractivity contribution is 9.10. The van der Waals surface area contributed by atoms with E-state index in [-0.39, 0.29) is 6.03 Å². The largest absolute Gasteiger partial charge is 0.328 e. The van der Waals surface area contributed by atoms with Crippen LogP contribution in [0.1, 0.15) is 12.5 Å². The molecule has 0 saturated heterocycles. The van der Waals surface area contributed by atoms with Crippen LogP contribution in [0.2, 0.25) is 0 Å². The predicted octanol–water partition coefficient (Wildman–Crippen LogP) is 2.95. The molecular weight excluding hydrogens is 268 g/mol. The molecule has 4 heteroatoms. The second-order valence-electron chi connectivity index (χ2n) is 3.78. The lowest BCUT2D eigenvalue weighted by molar-refractivity contribution is 0.173. The fourth-order valence-corrected chi connectivity index (χ4v) is 1.85. The van der Waals surface area contributed by atoms with Crippen LogP contribution in [0.15, 0.2) is 28.7 Å². The van der Waals surface area contributed by atoms with Crippen molar-refractivity contribution in [2.75, 3.05) is 20.6 Å². The average Bonchev–Trinajstić information content (AvgIpc) is 2.27. The van der Waals surface area contributed by atoms with Crippen LogP contribution >= 0.6 is 15.9 Å². The second-order valence-corrected chi connectivity index (χ2v) is 4.70. The molecule has 0 aliphatic carbocycles. The maximum atomic E-state index is 11.8. The van der Waals surface area contributed by atoms with Crippen molar-refractivity contribution in [2.45, 2.75) is 13.5 Å². The number of hydrogen-bond donors (Lipinski definition) is 0. The second kappa shape index (κ2) is 5.89. The van der Waals surface area contributed by atoms with Gasteiger partial charge in [0.25, 0.3) is 0 Å². The van der Waals surface area contributed by atoms with Gasteiger partial charge in [0.15, 0.2) is 0 Å². The Morgan fingerprint density at radius 2 is 2.00 bits per heavy atom. The summed E-state index contributed by atoms with van der Waals surface area (Å²) in [5.41, 5.74) is 1.12. The smallest absolute Gasteiger partial charge is 0.319 e. The molecule has 0 fully saturated rings. The summed E-state index contributed by atoms with van der Waals surface area (Å²) in [6, 6.07) is 8.03. The molecule has 1 aromatic carbocycles. The van der Waals surface area contributed by atoms with Gasteiger partial charge >= 0.3 is 6.03 Å². The Bertz CT molecular complexity index is 368. The van der Waals surface area contributed by atoms with E-state index >= 15 is 0 Å². The summed E-state index contributed by atoms with van der Waals surface area (Å²) >= 11 is 3.42. The van der Waals surface area contributed by atoms with Gasteiger partial charge in [-0.3, -0.25) is 0 Å². The first-order valence-electron chi connectivity index (χ1n) is 5.25. The molecule has 88 valence electrons. The van der Waals surface area contributed by atoms with Crippen LogP contribution in [0.3, 0.4) is 0 Å². The van der Waals surface area contributed by atoms with Crippen molar-refractivity contribution >= 4 is 22.0 Å². The molecule has 3 nitrogen and oxygen atoms in total. The Morgan fingerprint density at radius 1 is 1.31 bits per heavy atom. The van der Waals surface area contributed by atoms with Crippen molar-refractivity contribution in [1.29, 1.82) is 0 Å². The quantitative estimate of drug-likeness (QED) is 0.837. The van der Waals surface area contributed by atoms with Crippen LogP contribution in [0.25, 0.3) is 0 Å². The van der Waals surface area contributed by atoms with Gasteiger partial charge in [-0.1, -0.05) is 28.1 Å². The van der Waals surface area contributed by atoms with Gasteiger partial charge in [0.2, 0.25) is 0 Å². The highest BCUT2D eigenvalue weighted by Crippen LogP contribution is 2.13. The first kappa shape index (κ1) is 13.0. The van der Waals surface area contributed by atoms with E-state index < -0.39 is 0 Å². The Labute approximate surface area is 105 Å². The summed E-state index contributed by atoms with van der Waals surface area (Å²) in [5.74, 6) is 0. The van der Waals surface area contributed by atoms with E-state index in [2.05, 4.69) is 15.9 Å². The Hall–Kier alpha value is -1.03. The minimum Gasteiger partial charge on any atom is -0.328 e. The highest BCUT2D eigenvalue weighted by Gasteiger charge is 2.12. The van der Waals surface area contributed by atoms with Crippen LogP contribution in [-0.2, 0) is 6.54 Å². The maximum Gasteiger partial charge on any atom is 0.319 e. The van der Waals surface area contributed by atoms with Crippen molar-refractivity contribution in [3.05, 3.63) is 34.3 Å². The molecule has 1 rings (SSSR count). The van der Waals surface area contributed by atoms with E-state index in [0.717, 1.165) is 16.6 Å². The topological polar surface area (TPSA) is 23.6 Å². The zero-order valence-corrected chi connectivity index (χ0v) is 11.5. The molecule has 0 unspecified atom stereocenters. The van der Waals surface area contributed by atoms with Crippen LogP contribution in [0.4, 0.5) is 4.79 Å². The highest BCUT2D eigenvalue weighted by atomic mass is 79.9. The molecule has 0 aliphatic heterocycles. The molecule has 0 heterocycles. The number of rotatable bonds is 3. The number of hydrogen-bond acceptors (Lipinski definition) is 1. The lowest BCUT2D eigenvalue weighted by Crippen LogP contribution is -2.38. The van der Waals surface area contributed by atoms with Crippen LogP contribution in [0.5, 0.6) is 0 Å². The van der Waals surface area contributed by atoms with Crippen LogP contribution in [0, 0.1) is 0 Å². The lowest BCUT2D eigenvalue weighted by atomic mass is 10.2. The van der Waals surface area contributed by atoms with E-state index in [1.54, 1.807) is 16.8 Å². The van der Waals surface area contributed by atoms with Gasteiger partial charge in [0, 0.05) is 31.7 Å². The monoisotopic (exact) mass is 284 g/mol. The van der Waals surface area contributed by atoms with Crippen molar-refractivity contribution in [2.24, 2.45) is 0 Å². The van der Waals surface area contributed by atoms with Gasteiger partial charge in [-0.05, 0) is 24.6 Å². The Kier molecular flexibility index (Phi) is 4.80. The predicted molar refractivity (Wildman–Crippen MR) is 69.3 cm³/mol. The first-order valence-corrected chi connectivity index (χ1v) is 6.04. The summed E-state index contributed by atoms with van der Waals surface area (Å²) in [6.45, 7) is 3.31. The number of benzene rings is 1. The van der Waals surface area contributed by atoms with Gasteiger partial charge in [-0.25, -0.2) is 4.79 Å². The van der Waals surface area contributed by atoms with E-state index in [4.69, 9.17) is 0 Å². The number of halogens is 1. The Morgan fingerprint density at radius 3 is 2.56 bits per heavy atom. The molecule has 2 amide bonds. The van der Waals surface area contributed by atoms with Crippen molar-refractivity contribution in [1.82, 2.24) is 9.80 Å². The van der Waals surface area contributed by atoms with Crippen molar-refractivity contribution in [3.8, 4) is 0 Å². The number of urea groups is 1. The fraction of sp³-hybridized carbons (Fsp3) is 0.417.